The molecular formula is C27H22BrN5O2. The standard InChI is InChI=1S/C27H22BrN5O2/c28-23-16-29-33(18-23)17-20-5-4-8-24(15-20)30-27(34)26-13-14-32(31-26)19-35-25-11-9-22(10-12-25)21-6-2-1-3-7-21/h1-16,18H,17,19H2,(H,30,34). The second-order valence-electron chi connectivity index (χ2n) is 7.91. The molecule has 35 heavy (non-hydrogen) atoms. The number of hydrogen-bond acceptors (Lipinski definition) is 4. The molecule has 8 heteroatoms. The number of carbonyl (C=O) groups excluding carboxylic acids is 1. The maximum atomic E-state index is 12.7. The molecule has 0 aliphatic carbocycles. The highest BCUT2D eigenvalue weighted by molar-refractivity contribution is 9.10. The molecule has 1 amide bonds. The van der Waals surface area contributed by atoms with Gasteiger partial charge in [0.2, 0.25) is 0 Å². The van der Waals surface area contributed by atoms with E-state index in [4.69, 9.17) is 4.74 Å². The van der Waals surface area contributed by atoms with Crippen LogP contribution in [0.25, 0.3) is 11.1 Å². The Morgan fingerprint density at radius 1 is 0.914 bits per heavy atom. The fraction of sp³-hybridized carbons (Fsp3) is 0.0741. The molecule has 0 aliphatic heterocycles. The van der Waals surface area contributed by atoms with Crippen molar-refractivity contribution in [1.29, 1.82) is 0 Å². The Hall–Kier alpha value is -4.17. The highest BCUT2D eigenvalue weighted by Gasteiger charge is 2.11. The van der Waals surface area contributed by atoms with Crippen LogP contribution >= 0.6 is 15.9 Å². The summed E-state index contributed by atoms with van der Waals surface area (Å²) in [5, 5.41) is 11.5. The van der Waals surface area contributed by atoms with E-state index in [0.717, 1.165) is 26.9 Å². The highest BCUT2D eigenvalue weighted by Crippen LogP contribution is 2.22. The lowest BCUT2D eigenvalue weighted by molar-refractivity contribution is 0.102. The second-order valence-corrected chi connectivity index (χ2v) is 8.83. The fourth-order valence-corrected chi connectivity index (χ4v) is 3.95. The Morgan fingerprint density at radius 2 is 1.71 bits per heavy atom. The molecule has 0 radical (unpaired) electrons. The number of ether oxygens (including phenoxy) is 1. The highest BCUT2D eigenvalue weighted by atomic mass is 79.9. The van der Waals surface area contributed by atoms with E-state index in [0.29, 0.717) is 17.9 Å². The van der Waals surface area contributed by atoms with E-state index in [1.54, 1.807) is 23.1 Å². The van der Waals surface area contributed by atoms with Gasteiger partial charge in [-0.3, -0.25) is 9.48 Å². The number of anilines is 1. The normalized spacial score (nSPS) is 10.8. The van der Waals surface area contributed by atoms with Crippen molar-refractivity contribution in [2.45, 2.75) is 13.3 Å². The van der Waals surface area contributed by atoms with E-state index in [-0.39, 0.29) is 12.6 Å². The fourth-order valence-electron chi connectivity index (χ4n) is 3.62. The number of nitrogens with zero attached hydrogens (tertiary/aromatic N) is 4. The van der Waals surface area contributed by atoms with Crippen molar-refractivity contribution < 1.29 is 9.53 Å². The summed E-state index contributed by atoms with van der Waals surface area (Å²) in [5.41, 5.74) is 4.31. The van der Waals surface area contributed by atoms with Crippen LogP contribution in [0, 0.1) is 0 Å². The summed E-state index contributed by atoms with van der Waals surface area (Å²) in [6.45, 7) is 0.806. The minimum absolute atomic E-state index is 0.201. The van der Waals surface area contributed by atoms with Gasteiger partial charge in [-0.05, 0) is 63.0 Å². The van der Waals surface area contributed by atoms with Crippen molar-refractivity contribution in [3.63, 3.8) is 0 Å². The van der Waals surface area contributed by atoms with Gasteiger partial charge in [-0.1, -0.05) is 54.6 Å². The molecule has 174 valence electrons. The molecule has 0 spiro atoms. The third kappa shape index (κ3) is 5.85. The monoisotopic (exact) mass is 527 g/mol. The van der Waals surface area contributed by atoms with Gasteiger partial charge < -0.3 is 10.1 Å². The van der Waals surface area contributed by atoms with Gasteiger partial charge in [-0.15, -0.1) is 0 Å². The molecule has 5 rings (SSSR count). The predicted octanol–water partition coefficient (Wildman–Crippen LogP) is 5.85. The second kappa shape index (κ2) is 10.4. The van der Waals surface area contributed by atoms with Crippen LogP contribution in [0.5, 0.6) is 5.75 Å². The third-order valence-corrected chi connectivity index (χ3v) is 5.74. The van der Waals surface area contributed by atoms with Crippen molar-refractivity contribution in [3.05, 3.63) is 119 Å². The molecule has 0 saturated heterocycles. The van der Waals surface area contributed by atoms with E-state index < -0.39 is 0 Å². The summed E-state index contributed by atoms with van der Waals surface area (Å²) < 4.78 is 10.2. The number of carbonyl (C=O) groups is 1. The topological polar surface area (TPSA) is 74.0 Å². The Morgan fingerprint density at radius 3 is 2.49 bits per heavy atom. The molecule has 5 aromatic rings. The number of hydrogen-bond donors (Lipinski definition) is 1. The van der Waals surface area contributed by atoms with Gasteiger partial charge in [-0.25, -0.2) is 4.68 Å². The number of rotatable bonds is 8. The molecular weight excluding hydrogens is 506 g/mol. The Bertz CT molecular complexity index is 1430. The van der Waals surface area contributed by atoms with Crippen molar-refractivity contribution in [2.24, 2.45) is 0 Å². The number of halogens is 1. The zero-order chi connectivity index (χ0) is 24.0. The maximum Gasteiger partial charge on any atom is 0.276 e. The minimum atomic E-state index is -0.282. The molecule has 7 nitrogen and oxygen atoms in total. The summed E-state index contributed by atoms with van der Waals surface area (Å²) in [6.07, 6.45) is 5.36. The maximum absolute atomic E-state index is 12.7. The minimum Gasteiger partial charge on any atom is -0.471 e. The number of aromatic nitrogens is 4. The Kier molecular flexibility index (Phi) is 6.72. The van der Waals surface area contributed by atoms with Crippen LogP contribution in [-0.4, -0.2) is 25.5 Å². The summed E-state index contributed by atoms with van der Waals surface area (Å²) in [6, 6.07) is 27.4. The molecule has 0 aliphatic rings. The van der Waals surface area contributed by atoms with Crippen molar-refractivity contribution in [1.82, 2.24) is 19.6 Å². The van der Waals surface area contributed by atoms with Crippen LogP contribution in [0.3, 0.4) is 0 Å². The van der Waals surface area contributed by atoms with Crippen LogP contribution in [0.15, 0.2) is 108 Å². The quantitative estimate of drug-likeness (QED) is 0.275. The van der Waals surface area contributed by atoms with Gasteiger partial charge in [0.25, 0.3) is 5.91 Å². The molecule has 2 heterocycles. The van der Waals surface area contributed by atoms with Crippen LogP contribution in [-0.2, 0) is 13.3 Å². The van der Waals surface area contributed by atoms with Crippen LogP contribution in [0.2, 0.25) is 0 Å². The van der Waals surface area contributed by atoms with Crippen LogP contribution in [0.1, 0.15) is 16.1 Å². The van der Waals surface area contributed by atoms with E-state index in [9.17, 15) is 4.79 Å². The number of benzene rings is 3. The first-order chi connectivity index (χ1) is 17.1. The van der Waals surface area contributed by atoms with E-state index in [1.807, 2.05) is 77.6 Å². The molecule has 0 bridgehead atoms. The molecule has 0 unspecified atom stereocenters. The Labute approximate surface area is 211 Å². The summed E-state index contributed by atoms with van der Waals surface area (Å²) in [4.78, 5) is 12.7. The summed E-state index contributed by atoms with van der Waals surface area (Å²) in [5.74, 6) is 0.446. The average Bonchev–Trinajstić information content (AvgIpc) is 3.53. The molecule has 0 fully saturated rings. The van der Waals surface area contributed by atoms with E-state index in [2.05, 4.69) is 43.6 Å². The largest absolute Gasteiger partial charge is 0.471 e. The van der Waals surface area contributed by atoms with Gasteiger partial charge in [0, 0.05) is 18.1 Å². The predicted molar refractivity (Wildman–Crippen MR) is 138 cm³/mol. The lowest BCUT2D eigenvalue weighted by Crippen LogP contribution is -2.14. The first-order valence-electron chi connectivity index (χ1n) is 11.0. The van der Waals surface area contributed by atoms with E-state index in [1.165, 1.54) is 0 Å². The van der Waals surface area contributed by atoms with Gasteiger partial charge in [0.05, 0.1) is 17.2 Å². The lowest BCUT2D eigenvalue weighted by Gasteiger charge is -2.08. The van der Waals surface area contributed by atoms with Crippen molar-refractivity contribution in [2.75, 3.05) is 5.32 Å². The molecule has 0 saturated carbocycles. The van der Waals surface area contributed by atoms with Crippen molar-refractivity contribution in [3.8, 4) is 16.9 Å². The van der Waals surface area contributed by atoms with Gasteiger partial charge in [0.15, 0.2) is 12.4 Å². The summed E-state index contributed by atoms with van der Waals surface area (Å²) in [7, 11) is 0. The number of amides is 1. The number of nitrogens with one attached hydrogen (secondary N) is 1. The smallest absolute Gasteiger partial charge is 0.276 e. The van der Waals surface area contributed by atoms with E-state index >= 15 is 0 Å². The molecule has 2 aromatic heterocycles. The zero-order valence-corrected chi connectivity index (χ0v) is 20.3. The van der Waals surface area contributed by atoms with Crippen molar-refractivity contribution >= 4 is 27.5 Å². The lowest BCUT2D eigenvalue weighted by atomic mass is 10.1. The van der Waals surface area contributed by atoms with Crippen LogP contribution in [0.4, 0.5) is 5.69 Å². The van der Waals surface area contributed by atoms with Gasteiger partial charge >= 0.3 is 0 Å². The molecule has 0 atom stereocenters. The third-order valence-electron chi connectivity index (χ3n) is 5.33. The summed E-state index contributed by atoms with van der Waals surface area (Å²) >= 11 is 3.40. The van der Waals surface area contributed by atoms with Gasteiger partial charge in [0.1, 0.15) is 5.75 Å². The first kappa shape index (κ1) is 22.6. The average molecular weight is 528 g/mol. The molecule has 1 N–H and O–H groups in total. The van der Waals surface area contributed by atoms with Gasteiger partial charge in [-0.2, -0.15) is 10.2 Å². The first-order valence-corrected chi connectivity index (χ1v) is 11.8. The SMILES string of the molecule is O=C(Nc1cccc(Cn2cc(Br)cn2)c1)c1ccn(COc2ccc(-c3ccccc3)cc2)n1. The Balaban J connectivity index is 1.17. The zero-order valence-electron chi connectivity index (χ0n) is 18.7. The van der Waals surface area contributed by atoms with Crippen LogP contribution < -0.4 is 10.1 Å². The molecule has 3 aromatic carbocycles.